The number of nitro groups is 1. The van der Waals surface area contributed by atoms with E-state index in [1.54, 1.807) is 0 Å². The van der Waals surface area contributed by atoms with E-state index in [-0.39, 0.29) is 5.75 Å². The van der Waals surface area contributed by atoms with Crippen molar-refractivity contribution in [3.63, 3.8) is 0 Å². The minimum atomic E-state index is -0.763. The van der Waals surface area contributed by atoms with E-state index in [0.717, 1.165) is 12.5 Å². The zero-order valence-electron chi connectivity index (χ0n) is 14.2. The van der Waals surface area contributed by atoms with E-state index in [1.807, 2.05) is 0 Å². The molecule has 136 valence electrons. The maximum Gasteiger partial charge on any atom is 0.266 e. The zero-order chi connectivity index (χ0) is 18.4. The second-order valence-corrected chi connectivity index (χ2v) is 6.45. The van der Waals surface area contributed by atoms with Crippen molar-refractivity contribution >= 4 is 29.2 Å². The average molecular weight is 365 g/mol. The van der Waals surface area contributed by atoms with Gasteiger partial charge in [-0.1, -0.05) is 19.8 Å². The third-order valence-corrected chi connectivity index (χ3v) is 4.49. The van der Waals surface area contributed by atoms with Gasteiger partial charge in [0.15, 0.2) is 5.11 Å². The van der Waals surface area contributed by atoms with Gasteiger partial charge in [-0.3, -0.25) is 15.5 Å². The first kappa shape index (κ1) is 18.9. The van der Waals surface area contributed by atoms with Gasteiger partial charge >= 0.3 is 0 Å². The zero-order valence-corrected chi connectivity index (χ0v) is 15.0. The second-order valence-electron chi connectivity index (χ2n) is 6.04. The minimum Gasteiger partial charge on any atom is -0.865 e. The van der Waals surface area contributed by atoms with Gasteiger partial charge in [0.05, 0.1) is 18.2 Å². The Morgan fingerprint density at radius 2 is 2.16 bits per heavy atom. The van der Waals surface area contributed by atoms with Crippen LogP contribution >= 0.6 is 12.2 Å². The van der Waals surface area contributed by atoms with Gasteiger partial charge in [-0.2, -0.15) is 5.10 Å². The molecule has 25 heavy (non-hydrogen) atoms. The van der Waals surface area contributed by atoms with Gasteiger partial charge in [0.25, 0.3) is 5.69 Å². The van der Waals surface area contributed by atoms with E-state index in [0.29, 0.717) is 22.6 Å². The average Bonchev–Trinajstić information content (AvgIpc) is 2.58. The molecule has 8 nitrogen and oxygen atoms in total. The number of rotatable bonds is 5. The summed E-state index contributed by atoms with van der Waals surface area (Å²) in [6.07, 6.45) is 6.02. The fourth-order valence-electron chi connectivity index (χ4n) is 2.87. The highest BCUT2D eigenvalue weighted by molar-refractivity contribution is 7.80. The van der Waals surface area contributed by atoms with Crippen molar-refractivity contribution in [2.24, 2.45) is 11.0 Å². The molecule has 0 aromatic heterocycles. The molecule has 2 atom stereocenters. The van der Waals surface area contributed by atoms with Gasteiger partial charge in [0.2, 0.25) is 0 Å². The summed E-state index contributed by atoms with van der Waals surface area (Å²) >= 11 is 5.22. The van der Waals surface area contributed by atoms with Crippen LogP contribution in [0.25, 0.3) is 0 Å². The van der Waals surface area contributed by atoms with E-state index >= 15 is 0 Å². The first-order chi connectivity index (χ1) is 11.9. The molecule has 1 fully saturated rings. The molecule has 0 aliphatic heterocycles. The summed E-state index contributed by atoms with van der Waals surface area (Å²) in [4.78, 5) is 10.2. The second kappa shape index (κ2) is 8.61. The van der Waals surface area contributed by atoms with Crippen LogP contribution in [0.3, 0.4) is 0 Å². The predicted molar refractivity (Wildman–Crippen MR) is 97.0 cm³/mol. The molecule has 1 saturated carbocycles. The highest BCUT2D eigenvalue weighted by Gasteiger charge is 2.21. The Morgan fingerprint density at radius 1 is 1.44 bits per heavy atom. The highest BCUT2D eigenvalue weighted by Crippen LogP contribution is 2.33. The molecule has 2 N–H and O–H groups in total. The van der Waals surface area contributed by atoms with Crippen LogP contribution in [0.5, 0.6) is 11.5 Å². The highest BCUT2D eigenvalue weighted by atomic mass is 32.1. The van der Waals surface area contributed by atoms with Gasteiger partial charge in [0, 0.05) is 23.4 Å². The van der Waals surface area contributed by atoms with Crippen LogP contribution in [0.1, 0.15) is 38.2 Å². The molecule has 1 aromatic carbocycles. The lowest BCUT2D eigenvalue weighted by Gasteiger charge is -2.30. The molecular weight excluding hydrogens is 344 g/mol. The summed E-state index contributed by atoms with van der Waals surface area (Å²) in [5.41, 5.74) is 2.51. The number of thiocarbonyl (C=S) groups is 1. The summed E-state index contributed by atoms with van der Waals surface area (Å²) in [5, 5.41) is 30.3. The first-order valence-corrected chi connectivity index (χ1v) is 8.46. The largest absolute Gasteiger partial charge is 0.865 e. The Hall–Kier alpha value is -2.42. The standard InChI is InChI=1S/C16H22N4O4S/c1-10-5-3-4-6-12(10)18-16(25)19-17-9-11-7-13(20(22)23)15(21)14(8-11)24-2/h7-10,12,21H,3-6H2,1-2H3,(H2,18,19,25)/p-1/b17-9-/t10-,12+/m1/s1. The fraction of sp³-hybridized carbons (Fsp3) is 0.500. The summed E-state index contributed by atoms with van der Waals surface area (Å²) in [6, 6.07) is 2.86. The number of methoxy groups -OCH3 is 1. The molecule has 0 heterocycles. The predicted octanol–water partition coefficient (Wildman–Crippen LogP) is 2.05. The lowest BCUT2D eigenvalue weighted by Crippen LogP contribution is -2.44. The Bertz CT molecular complexity index is 680. The fourth-order valence-corrected chi connectivity index (χ4v) is 3.07. The van der Waals surface area contributed by atoms with Crippen LogP contribution in [0.2, 0.25) is 0 Å². The molecule has 0 bridgehead atoms. The van der Waals surface area contributed by atoms with E-state index in [2.05, 4.69) is 22.8 Å². The smallest absolute Gasteiger partial charge is 0.266 e. The van der Waals surface area contributed by atoms with Gasteiger partial charge in [0.1, 0.15) is 5.75 Å². The lowest BCUT2D eigenvalue weighted by molar-refractivity contribution is -0.398. The van der Waals surface area contributed by atoms with Gasteiger partial charge < -0.3 is 15.2 Å². The van der Waals surface area contributed by atoms with Crippen LogP contribution in [-0.4, -0.2) is 29.4 Å². The topological polar surface area (TPSA) is 112 Å². The Morgan fingerprint density at radius 3 is 2.80 bits per heavy atom. The van der Waals surface area contributed by atoms with E-state index in [4.69, 9.17) is 17.0 Å². The molecule has 1 aliphatic rings. The first-order valence-electron chi connectivity index (χ1n) is 8.05. The molecule has 0 amide bonds. The van der Waals surface area contributed by atoms with Crippen LogP contribution in [0.15, 0.2) is 17.2 Å². The monoisotopic (exact) mass is 365 g/mol. The van der Waals surface area contributed by atoms with E-state index in [1.165, 1.54) is 38.7 Å². The van der Waals surface area contributed by atoms with E-state index in [9.17, 15) is 15.2 Å². The Kier molecular flexibility index (Phi) is 6.51. The number of hydrogen-bond donors (Lipinski definition) is 2. The third-order valence-electron chi connectivity index (χ3n) is 4.28. The molecule has 1 aromatic rings. The Labute approximate surface area is 151 Å². The Balaban J connectivity index is 2.00. The number of nitrogens with zero attached hydrogens (tertiary/aromatic N) is 2. The van der Waals surface area contributed by atoms with Crippen molar-refractivity contribution in [1.29, 1.82) is 0 Å². The molecule has 1 aliphatic carbocycles. The molecule has 2 rings (SSSR count). The van der Waals surface area contributed by atoms with Crippen LogP contribution < -0.4 is 20.6 Å². The van der Waals surface area contributed by atoms with Crippen molar-refractivity contribution in [3.8, 4) is 11.5 Å². The van der Waals surface area contributed by atoms with Crippen LogP contribution in [0.4, 0.5) is 5.69 Å². The summed E-state index contributed by atoms with van der Waals surface area (Å²) in [7, 11) is 1.28. The summed E-state index contributed by atoms with van der Waals surface area (Å²) in [5.74, 6) is -0.317. The van der Waals surface area contributed by atoms with Crippen LogP contribution in [-0.2, 0) is 0 Å². The van der Waals surface area contributed by atoms with Crippen molar-refractivity contribution in [2.45, 2.75) is 38.6 Å². The summed E-state index contributed by atoms with van der Waals surface area (Å²) < 4.78 is 4.88. The molecule has 0 spiro atoms. The minimum absolute atomic E-state index is 0.104. The van der Waals surface area contributed by atoms with Gasteiger partial charge in [-0.15, -0.1) is 0 Å². The van der Waals surface area contributed by atoms with Crippen molar-refractivity contribution in [3.05, 3.63) is 27.8 Å². The van der Waals surface area contributed by atoms with E-state index < -0.39 is 16.4 Å². The number of hydrogen-bond acceptors (Lipinski definition) is 6. The van der Waals surface area contributed by atoms with Gasteiger partial charge in [-0.05, 0) is 37.0 Å². The number of ether oxygens (including phenoxy) is 1. The molecule has 0 unspecified atom stereocenters. The van der Waals surface area contributed by atoms with Crippen molar-refractivity contribution in [1.82, 2.24) is 10.7 Å². The third kappa shape index (κ3) is 5.02. The molecule has 0 saturated heterocycles. The quantitative estimate of drug-likeness (QED) is 0.355. The van der Waals surface area contributed by atoms with Crippen molar-refractivity contribution < 1.29 is 14.8 Å². The molecule has 0 radical (unpaired) electrons. The lowest BCUT2D eigenvalue weighted by atomic mass is 9.86. The van der Waals surface area contributed by atoms with Crippen LogP contribution in [0, 0.1) is 16.0 Å². The summed E-state index contributed by atoms with van der Waals surface area (Å²) in [6.45, 7) is 2.19. The van der Waals surface area contributed by atoms with Gasteiger partial charge in [-0.25, -0.2) is 0 Å². The molecular formula is C16H21N4O4S-. The maximum atomic E-state index is 11.8. The number of hydrazone groups is 1. The van der Waals surface area contributed by atoms with Crippen molar-refractivity contribution in [2.75, 3.05) is 7.11 Å². The SMILES string of the molecule is COc1cc(/C=N\NC(=S)N[C@H]2CCCC[C@H]2C)cc([N+](=O)[O-])c1[O-]. The normalized spacial score (nSPS) is 20.2. The number of nitrogens with one attached hydrogen (secondary N) is 2. The number of benzene rings is 1. The number of nitro benzene ring substituents is 1. The molecule has 9 heteroatoms. The maximum absolute atomic E-state index is 11.8.